The van der Waals surface area contributed by atoms with E-state index >= 15 is 0 Å². The smallest absolute Gasteiger partial charge is 0.348 e. The largest absolute Gasteiger partial charge is 0.497 e. The molecule has 0 unspecified atom stereocenters. The second kappa shape index (κ2) is 11.7. The Kier molecular flexibility index (Phi) is 7.92. The molecule has 0 radical (unpaired) electrons. The lowest BCUT2D eigenvalue weighted by atomic mass is 9.80. The average Bonchev–Trinajstić information content (AvgIpc) is 3.34. The second-order valence-corrected chi connectivity index (χ2v) is 11.1. The van der Waals surface area contributed by atoms with E-state index < -0.39 is 0 Å². The number of carbonyl (C=O) groups is 1. The van der Waals surface area contributed by atoms with Crippen molar-refractivity contribution in [3.05, 3.63) is 118 Å². The lowest BCUT2D eigenvalue weighted by Crippen LogP contribution is -2.21. The highest BCUT2D eigenvalue weighted by Gasteiger charge is 2.34. The molecule has 0 spiro atoms. The Balaban J connectivity index is 1.47. The Morgan fingerprint density at radius 1 is 0.973 bits per heavy atom. The monoisotopic (exact) mass is 529 g/mol. The Hall–Kier alpha value is -3.55. The van der Waals surface area contributed by atoms with Crippen molar-refractivity contribution in [2.24, 2.45) is 5.16 Å². The van der Waals surface area contributed by atoms with E-state index in [1.54, 1.807) is 18.9 Å². The number of thiophene rings is 1. The van der Waals surface area contributed by atoms with Gasteiger partial charge in [0.05, 0.1) is 17.0 Å². The molecular formula is C30H27NO4S2. The molecule has 1 aliphatic rings. The number of hydrogen-bond acceptors (Lipinski definition) is 7. The second-order valence-electron chi connectivity index (χ2n) is 8.83. The number of oxime groups is 1. The molecule has 0 amide bonds. The number of benzene rings is 3. The fourth-order valence-corrected chi connectivity index (χ4v) is 7.08. The van der Waals surface area contributed by atoms with Crippen LogP contribution in [-0.4, -0.2) is 24.0 Å². The highest BCUT2D eigenvalue weighted by Crippen LogP contribution is 2.45. The van der Waals surface area contributed by atoms with Gasteiger partial charge in [0.2, 0.25) is 0 Å². The van der Waals surface area contributed by atoms with Gasteiger partial charge >= 0.3 is 5.97 Å². The summed E-state index contributed by atoms with van der Waals surface area (Å²) in [7, 11) is 1.64. The van der Waals surface area contributed by atoms with Crippen molar-refractivity contribution < 1.29 is 19.5 Å². The van der Waals surface area contributed by atoms with Crippen molar-refractivity contribution in [3.8, 4) is 5.75 Å². The van der Waals surface area contributed by atoms with Gasteiger partial charge in [-0.1, -0.05) is 78.0 Å². The molecule has 1 atom stereocenters. The van der Waals surface area contributed by atoms with Crippen LogP contribution in [-0.2, 0) is 23.5 Å². The molecule has 1 heterocycles. The van der Waals surface area contributed by atoms with Crippen LogP contribution in [0.5, 0.6) is 5.75 Å². The number of methoxy groups -OCH3 is 1. The molecule has 3 aromatic carbocycles. The van der Waals surface area contributed by atoms with Crippen LogP contribution in [0.4, 0.5) is 0 Å². The number of nitrogens with zero attached hydrogens (tertiary/aromatic N) is 1. The van der Waals surface area contributed by atoms with E-state index in [0.29, 0.717) is 23.4 Å². The molecule has 7 heteroatoms. The Morgan fingerprint density at radius 2 is 1.65 bits per heavy atom. The minimum atomic E-state index is -0.343. The molecule has 37 heavy (non-hydrogen) atoms. The molecule has 1 aromatic heterocycles. The predicted octanol–water partition coefficient (Wildman–Crippen LogP) is 7.31. The van der Waals surface area contributed by atoms with Crippen molar-refractivity contribution in [1.29, 1.82) is 0 Å². The van der Waals surface area contributed by atoms with Crippen molar-refractivity contribution >= 4 is 34.8 Å². The van der Waals surface area contributed by atoms with Crippen LogP contribution in [0.2, 0.25) is 0 Å². The molecule has 1 N–H and O–H groups in total. The summed E-state index contributed by atoms with van der Waals surface area (Å²) in [6.45, 7) is 0.210. The van der Waals surface area contributed by atoms with Gasteiger partial charge in [-0.2, -0.15) is 0 Å². The van der Waals surface area contributed by atoms with Crippen LogP contribution < -0.4 is 4.74 Å². The molecule has 5 nitrogen and oxygen atoms in total. The molecular weight excluding hydrogens is 502 g/mol. The van der Waals surface area contributed by atoms with Gasteiger partial charge in [-0.15, -0.1) is 23.1 Å². The summed E-state index contributed by atoms with van der Waals surface area (Å²) < 4.78 is 12.0. The van der Waals surface area contributed by atoms with E-state index in [1.165, 1.54) is 16.9 Å². The van der Waals surface area contributed by atoms with Crippen LogP contribution in [0, 0.1) is 0 Å². The molecule has 0 saturated carbocycles. The van der Waals surface area contributed by atoms with Crippen LogP contribution in [0.1, 0.15) is 49.8 Å². The van der Waals surface area contributed by atoms with Crippen molar-refractivity contribution in [1.82, 2.24) is 0 Å². The van der Waals surface area contributed by atoms with Gasteiger partial charge in [0.1, 0.15) is 17.2 Å². The van der Waals surface area contributed by atoms with Crippen molar-refractivity contribution in [3.63, 3.8) is 0 Å². The van der Waals surface area contributed by atoms with Gasteiger partial charge in [-0.25, -0.2) is 4.79 Å². The van der Waals surface area contributed by atoms with Crippen LogP contribution in [0.3, 0.4) is 0 Å². The number of carbonyl (C=O) groups excluding carboxylic acids is 1. The van der Waals surface area contributed by atoms with Gasteiger partial charge < -0.3 is 14.7 Å². The quantitative estimate of drug-likeness (QED) is 0.112. The molecule has 1 aliphatic carbocycles. The number of thioether (sulfide) groups is 1. The number of ether oxygens (including phenoxy) is 2. The standard InChI is InChI=1S/C30H27NO4S2/c1-34-24-14-12-22(13-15-24)23-16-25-27(26(17-23)31-33)30(36-19-21-10-6-3-7-11-21)37-28(25)29(32)35-18-20-8-4-2-5-9-20/h2-15,23,33H,16-19H2,1H3/b31-26+/t23-/m0/s1. The van der Waals surface area contributed by atoms with Gasteiger partial charge in [-0.05, 0) is 46.7 Å². The maximum Gasteiger partial charge on any atom is 0.348 e. The predicted molar refractivity (Wildman–Crippen MR) is 148 cm³/mol. The van der Waals surface area contributed by atoms with Gasteiger partial charge in [0, 0.05) is 17.7 Å². The Labute approximate surface area is 224 Å². The van der Waals surface area contributed by atoms with E-state index in [0.717, 1.165) is 38.0 Å². The van der Waals surface area contributed by atoms with E-state index in [4.69, 9.17) is 9.47 Å². The average molecular weight is 530 g/mol. The van der Waals surface area contributed by atoms with Crippen LogP contribution in [0.25, 0.3) is 0 Å². The van der Waals surface area contributed by atoms with Gasteiger partial charge in [0.15, 0.2) is 0 Å². The Bertz CT molecular complexity index is 1380. The first kappa shape index (κ1) is 25.1. The lowest BCUT2D eigenvalue weighted by Gasteiger charge is -2.25. The topological polar surface area (TPSA) is 68.1 Å². The third-order valence-electron chi connectivity index (χ3n) is 6.47. The summed E-state index contributed by atoms with van der Waals surface area (Å²) in [6.07, 6.45) is 1.25. The molecule has 0 bridgehead atoms. The van der Waals surface area contributed by atoms with Crippen LogP contribution in [0.15, 0.2) is 94.3 Å². The van der Waals surface area contributed by atoms with E-state index in [9.17, 15) is 10.0 Å². The van der Waals surface area contributed by atoms with Crippen molar-refractivity contribution in [2.75, 3.05) is 7.11 Å². The Morgan fingerprint density at radius 3 is 2.30 bits per heavy atom. The number of fused-ring (bicyclic) bond motifs is 1. The normalized spacial score (nSPS) is 15.8. The van der Waals surface area contributed by atoms with Crippen LogP contribution >= 0.6 is 23.1 Å². The summed E-state index contributed by atoms with van der Waals surface area (Å²) in [4.78, 5) is 13.9. The van der Waals surface area contributed by atoms with E-state index in [2.05, 4.69) is 17.3 Å². The van der Waals surface area contributed by atoms with E-state index in [-0.39, 0.29) is 18.5 Å². The number of hydrogen-bond donors (Lipinski definition) is 1. The molecule has 4 aromatic rings. The van der Waals surface area contributed by atoms with E-state index in [1.807, 2.05) is 72.8 Å². The third kappa shape index (κ3) is 5.73. The summed E-state index contributed by atoms with van der Waals surface area (Å²) in [5, 5.41) is 13.8. The SMILES string of the molecule is COc1ccc([C@@H]2C/C(=N\O)c3c(SCc4ccccc4)sc(C(=O)OCc4ccccc4)c3C2)cc1. The zero-order valence-corrected chi connectivity index (χ0v) is 22.1. The fourth-order valence-electron chi connectivity index (χ4n) is 4.56. The first-order chi connectivity index (χ1) is 18.2. The molecule has 5 rings (SSSR count). The summed E-state index contributed by atoms with van der Waals surface area (Å²) in [5.41, 5.74) is 5.63. The maximum atomic E-state index is 13.4. The third-order valence-corrected chi connectivity index (χ3v) is 9.03. The number of rotatable bonds is 8. The highest BCUT2D eigenvalue weighted by atomic mass is 32.2. The summed E-state index contributed by atoms with van der Waals surface area (Å²) >= 11 is 3.10. The molecule has 188 valence electrons. The first-order valence-corrected chi connectivity index (χ1v) is 13.8. The zero-order chi connectivity index (χ0) is 25.6. The van der Waals surface area contributed by atoms with Gasteiger partial charge in [-0.3, -0.25) is 0 Å². The molecule has 0 saturated heterocycles. The van der Waals surface area contributed by atoms with Gasteiger partial charge in [0.25, 0.3) is 0 Å². The molecule has 0 aliphatic heterocycles. The minimum absolute atomic E-state index is 0.0755. The first-order valence-electron chi connectivity index (χ1n) is 12.0. The minimum Gasteiger partial charge on any atom is -0.497 e. The maximum absolute atomic E-state index is 13.4. The lowest BCUT2D eigenvalue weighted by molar-refractivity contribution is 0.0477. The number of esters is 1. The summed E-state index contributed by atoms with van der Waals surface area (Å²) in [5.74, 6) is 1.28. The highest BCUT2D eigenvalue weighted by molar-refractivity contribution is 8.00. The van der Waals surface area contributed by atoms with Crippen molar-refractivity contribution in [2.45, 2.75) is 35.3 Å². The summed E-state index contributed by atoms with van der Waals surface area (Å²) in [6, 6.07) is 27.8. The molecule has 0 fully saturated rings. The fraction of sp³-hybridized carbons (Fsp3) is 0.200. The zero-order valence-electron chi connectivity index (χ0n) is 20.4.